The number of carbonyl (C=O) groups excluding carboxylic acids is 1. The van der Waals surface area contributed by atoms with Crippen LogP contribution in [0.3, 0.4) is 0 Å². The summed E-state index contributed by atoms with van der Waals surface area (Å²) in [6.45, 7) is 3.39. The molecule has 1 aliphatic heterocycles. The minimum absolute atomic E-state index is 0. The van der Waals surface area contributed by atoms with Crippen molar-refractivity contribution < 1.29 is 14.3 Å². The quantitative estimate of drug-likeness (QED) is 0.213. The highest BCUT2D eigenvalue weighted by molar-refractivity contribution is 6.32. The highest BCUT2D eigenvalue weighted by Crippen LogP contribution is 2.39. The van der Waals surface area contributed by atoms with Crippen LogP contribution in [0.4, 0.5) is 15.8 Å². The number of pyridine rings is 1. The van der Waals surface area contributed by atoms with Gasteiger partial charge in [0.2, 0.25) is 0 Å². The van der Waals surface area contributed by atoms with E-state index in [0.717, 1.165) is 42.4 Å². The molecule has 39 heavy (non-hydrogen) atoms. The molecule has 0 amide bonds. The fourth-order valence-electron chi connectivity index (χ4n) is 5.23. The van der Waals surface area contributed by atoms with Crippen molar-refractivity contribution in [3.63, 3.8) is 0 Å². The van der Waals surface area contributed by atoms with E-state index in [1.807, 2.05) is 30.3 Å². The number of phenolic OH excluding ortho intramolecular Hbond substituents is 1. The molecule has 1 saturated carbocycles. The Hall–Kier alpha value is -3.19. The van der Waals surface area contributed by atoms with Crippen LogP contribution in [0, 0.1) is 11.7 Å². The third kappa shape index (κ3) is 5.88. The average Bonchev–Trinajstić information content (AvgIpc) is 3.65. The van der Waals surface area contributed by atoms with Crippen molar-refractivity contribution in [2.45, 2.75) is 32.1 Å². The number of nitrogens with zero attached hydrogens (tertiary/aromatic N) is 2. The van der Waals surface area contributed by atoms with E-state index in [2.05, 4.69) is 27.3 Å². The van der Waals surface area contributed by atoms with Gasteiger partial charge in [-0.15, -0.1) is 12.4 Å². The molecule has 0 unspecified atom stereocenters. The minimum atomic E-state index is -0.785. The second kappa shape index (κ2) is 11.5. The van der Waals surface area contributed by atoms with Gasteiger partial charge in [-0.1, -0.05) is 29.8 Å². The molecule has 8 heteroatoms. The van der Waals surface area contributed by atoms with Crippen LogP contribution in [0.15, 0.2) is 60.8 Å². The molecule has 2 N–H and O–H groups in total. The highest BCUT2D eigenvalue weighted by Gasteiger charge is 2.32. The standard InChI is InChI=1S/C31H29ClFN3O2.ClH/c32-26-16-22(17-27(33)31(26)38)21-8-9-28-24(15-21)29(25(18-34-28)30(37)20-6-7-20)35-23-5-3-4-19(14-23)10-13-36-11-1-2-12-36;/h3-5,8-9,14-18,20,38H,1-2,6-7,10-13H2,(H,34,35);1H. The predicted molar refractivity (Wildman–Crippen MR) is 157 cm³/mol. The maximum absolute atomic E-state index is 14.3. The van der Waals surface area contributed by atoms with Crippen LogP contribution >= 0.6 is 24.0 Å². The van der Waals surface area contributed by atoms with Crippen molar-refractivity contribution in [2.75, 3.05) is 25.0 Å². The van der Waals surface area contributed by atoms with Crippen molar-refractivity contribution in [3.8, 4) is 16.9 Å². The number of hydrogen-bond acceptors (Lipinski definition) is 5. The molecular weight excluding hydrogens is 536 g/mol. The number of phenols is 1. The zero-order valence-electron chi connectivity index (χ0n) is 21.4. The first-order valence-electron chi connectivity index (χ1n) is 13.2. The lowest BCUT2D eigenvalue weighted by molar-refractivity contribution is 0.0968. The smallest absolute Gasteiger partial charge is 0.170 e. The van der Waals surface area contributed by atoms with Gasteiger partial charge in [0.25, 0.3) is 0 Å². The Balaban J connectivity index is 0.00000308. The number of Topliss-reactive ketones (excluding diaryl/α,β-unsaturated/α-hetero) is 1. The first kappa shape index (κ1) is 27.4. The van der Waals surface area contributed by atoms with E-state index in [9.17, 15) is 14.3 Å². The van der Waals surface area contributed by atoms with Gasteiger partial charge in [0, 0.05) is 29.7 Å². The summed E-state index contributed by atoms with van der Waals surface area (Å²) < 4.78 is 14.3. The van der Waals surface area contributed by atoms with E-state index in [-0.39, 0.29) is 29.1 Å². The Morgan fingerprint density at radius 1 is 1.08 bits per heavy atom. The first-order chi connectivity index (χ1) is 18.5. The normalized spacial score (nSPS) is 15.3. The molecule has 0 spiro atoms. The number of anilines is 2. The first-order valence-corrected chi connectivity index (χ1v) is 13.6. The molecule has 0 radical (unpaired) electrons. The summed E-state index contributed by atoms with van der Waals surface area (Å²) in [5.41, 5.74) is 5.37. The third-order valence-electron chi connectivity index (χ3n) is 7.54. The Kier molecular flexibility index (Phi) is 8.08. The largest absolute Gasteiger partial charge is 0.504 e. The Morgan fingerprint density at radius 2 is 1.87 bits per heavy atom. The van der Waals surface area contributed by atoms with Gasteiger partial charge < -0.3 is 15.3 Å². The van der Waals surface area contributed by atoms with E-state index in [1.165, 1.54) is 43.6 Å². The SMILES string of the molecule is Cl.O=C(c1cnc2ccc(-c3cc(F)c(O)c(Cl)c3)cc2c1Nc1cccc(CCN2CCCC2)c1)C1CC1. The summed E-state index contributed by atoms with van der Waals surface area (Å²) in [7, 11) is 0. The molecule has 4 aromatic rings. The number of halogens is 3. The zero-order chi connectivity index (χ0) is 26.2. The summed E-state index contributed by atoms with van der Waals surface area (Å²) in [4.78, 5) is 20.4. The Morgan fingerprint density at radius 3 is 2.62 bits per heavy atom. The summed E-state index contributed by atoms with van der Waals surface area (Å²) >= 11 is 6.05. The molecule has 1 saturated heterocycles. The second-order valence-electron chi connectivity index (χ2n) is 10.3. The van der Waals surface area contributed by atoms with Gasteiger partial charge in [0.15, 0.2) is 17.3 Å². The molecule has 5 nitrogen and oxygen atoms in total. The Bertz CT molecular complexity index is 1510. The molecule has 0 bridgehead atoms. The number of rotatable bonds is 8. The molecule has 202 valence electrons. The average molecular weight is 567 g/mol. The van der Waals surface area contributed by atoms with Crippen molar-refractivity contribution in [2.24, 2.45) is 5.92 Å². The van der Waals surface area contributed by atoms with Crippen molar-refractivity contribution >= 4 is 52.1 Å². The number of carbonyl (C=O) groups is 1. The predicted octanol–water partition coefficient (Wildman–Crippen LogP) is 7.80. The third-order valence-corrected chi connectivity index (χ3v) is 7.83. The number of hydrogen-bond donors (Lipinski definition) is 2. The number of nitrogens with one attached hydrogen (secondary N) is 1. The van der Waals surface area contributed by atoms with Gasteiger partial charge in [-0.2, -0.15) is 0 Å². The van der Waals surface area contributed by atoms with Crippen LogP contribution in [-0.4, -0.2) is 40.4 Å². The second-order valence-corrected chi connectivity index (χ2v) is 10.7. The topological polar surface area (TPSA) is 65.5 Å². The molecule has 0 atom stereocenters. The maximum Gasteiger partial charge on any atom is 0.170 e. The van der Waals surface area contributed by atoms with Crippen molar-refractivity contribution in [3.05, 3.63) is 82.8 Å². The number of ketones is 1. The van der Waals surface area contributed by atoms with Crippen LogP contribution in [-0.2, 0) is 6.42 Å². The zero-order valence-corrected chi connectivity index (χ0v) is 23.0. The number of fused-ring (bicyclic) bond motifs is 1. The van der Waals surface area contributed by atoms with E-state index in [0.29, 0.717) is 22.4 Å². The van der Waals surface area contributed by atoms with E-state index in [4.69, 9.17) is 11.6 Å². The van der Waals surface area contributed by atoms with E-state index in [1.54, 1.807) is 6.20 Å². The summed E-state index contributed by atoms with van der Waals surface area (Å²) in [6.07, 6.45) is 6.98. The molecule has 2 fully saturated rings. The molecule has 1 aliphatic carbocycles. The number of aromatic nitrogens is 1. The summed E-state index contributed by atoms with van der Waals surface area (Å²) in [6, 6.07) is 16.7. The molecule has 3 aromatic carbocycles. The van der Waals surface area contributed by atoms with Crippen molar-refractivity contribution in [1.82, 2.24) is 9.88 Å². The van der Waals surface area contributed by atoms with Crippen LogP contribution in [0.5, 0.6) is 5.75 Å². The van der Waals surface area contributed by atoms with Gasteiger partial charge in [-0.05, 0) is 98.3 Å². The Labute approximate surface area is 238 Å². The summed E-state index contributed by atoms with van der Waals surface area (Å²) in [5.74, 6) is -1.22. The number of benzene rings is 3. The lowest BCUT2D eigenvalue weighted by atomic mass is 9.98. The van der Waals surface area contributed by atoms with Crippen molar-refractivity contribution in [1.29, 1.82) is 0 Å². The van der Waals surface area contributed by atoms with Crippen LogP contribution in [0.25, 0.3) is 22.0 Å². The lowest BCUT2D eigenvalue weighted by Gasteiger charge is -2.17. The molecule has 6 rings (SSSR count). The number of likely N-dealkylation sites (tertiary alicyclic amines) is 1. The number of aromatic hydroxyl groups is 1. The molecule has 2 aliphatic rings. The minimum Gasteiger partial charge on any atom is -0.504 e. The van der Waals surface area contributed by atoms with Gasteiger partial charge in [-0.3, -0.25) is 9.78 Å². The van der Waals surface area contributed by atoms with Crippen LogP contribution in [0.1, 0.15) is 41.6 Å². The van der Waals surface area contributed by atoms with Crippen LogP contribution < -0.4 is 5.32 Å². The fraction of sp³-hybridized carbons (Fsp3) is 0.290. The van der Waals surface area contributed by atoms with E-state index < -0.39 is 11.6 Å². The van der Waals surface area contributed by atoms with Crippen LogP contribution in [0.2, 0.25) is 5.02 Å². The molecule has 1 aromatic heterocycles. The highest BCUT2D eigenvalue weighted by atomic mass is 35.5. The maximum atomic E-state index is 14.3. The summed E-state index contributed by atoms with van der Waals surface area (Å²) in [5, 5.41) is 14.0. The fourth-order valence-corrected chi connectivity index (χ4v) is 5.44. The lowest BCUT2D eigenvalue weighted by Crippen LogP contribution is -2.21. The van der Waals surface area contributed by atoms with E-state index >= 15 is 0 Å². The van der Waals surface area contributed by atoms with Gasteiger partial charge in [0.05, 0.1) is 21.8 Å². The van der Waals surface area contributed by atoms with Gasteiger partial charge in [-0.25, -0.2) is 4.39 Å². The molecular formula is C31H30Cl2FN3O2. The molecule has 2 heterocycles. The van der Waals surface area contributed by atoms with Gasteiger partial charge in [0.1, 0.15) is 0 Å². The monoisotopic (exact) mass is 565 g/mol. The van der Waals surface area contributed by atoms with Gasteiger partial charge >= 0.3 is 0 Å².